The predicted octanol–water partition coefficient (Wildman–Crippen LogP) is 4.25. The average Bonchev–Trinajstić information content (AvgIpc) is 3.00. The molecule has 0 bridgehead atoms. The molecule has 17 heavy (non-hydrogen) atoms. The van der Waals surface area contributed by atoms with Gasteiger partial charge in [0.25, 0.3) is 0 Å². The Balaban J connectivity index is 1.98. The monoisotopic (exact) mass is 260 g/mol. The number of nitrogens with zero attached hydrogens (tertiary/aromatic N) is 2. The van der Waals surface area contributed by atoms with E-state index in [-0.39, 0.29) is 0 Å². The van der Waals surface area contributed by atoms with Crippen LogP contribution in [0.1, 0.15) is 0 Å². The Morgan fingerprint density at radius 1 is 1.06 bits per heavy atom. The van der Waals surface area contributed by atoms with Crippen LogP contribution >= 0.6 is 22.9 Å². The lowest BCUT2D eigenvalue weighted by atomic mass is 10.1. The molecule has 0 aliphatic carbocycles. The second kappa shape index (κ2) is 4.35. The molecule has 0 aliphatic rings. The standard InChI is InChI=1S/C13H9ClN2S/c14-12-3-1-10(2-4-12)11-7-15-16(8-11)13-5-6-17-9-13/h1-9H. The maximum Gasteiger partial charge on any atom is 0.0752 e. The Hall–Kier alpha value is -1.58. The van der Waals surface area contributed by atoms with E-state index >= 15 is 0 Å². The summed E-state index contributed by atoms with van der Waals surface area (Å²) in [5, 5.41) is 9.21. The van der Waals surface area contributed by atoms with Crippen LogP contribution in [0.25, 0.3) is 16.8 Å². The Morgan fingerprint density at radius 3 is 2.59 bits per heavy atom. The molecule has 2 aromatic heterocycles. The molecule has 0 amide bonds. The van der Waals surface area contributed by atoms with Crippen LogP contribution < -0.4 is 0 Å². The molecule has 0 spiro atoms. The molecule has 0 fully saturated rings. The van der Waals surface area contributed by atoms with Crippen molar-refractivity contribution in [2.24, 2.45) is 0 Å². The van der Waals surface area contributed by atoms with Gasteiger partial charge in [0.05, 0.1) is 11.9 Å². The van der Waals surface area contributed by atoms with Gasteiger partial charge >= 0.3 is 0 Å². The molecule has 0 atom stereocenters. The van der Waals surface area contributed by atoms with E-state index in [1.54, 1.807) is 11.3 Å². The highest BCUT2D eigenvalue weighted by molar-refractivity contribution is 7.08. The molecular formula is C13H9ClN2S. The van der Waals surface area contributed by atoms with E-state index in [0.717, 1.165) is 21.8 Å². The lowest BCUT2D eigenvalue weighted by molar-refractivity contribution is 0.885. The molecule has 0 radical (unpaired) electrons. The molecule has 3 aromatic rings. The minimum atomic E-state index is 0.749. The zero-order chi connectivity index (χ0) is 11.7. The highest BCUT2D eigenvalue weighted by atomic mass is 35.5. The number of hydrogen-bond acceptors (Lipinski definition) is 2. The molecule has 1 aromatic carbocycles. The van der Waals surface area contributed by atoms with Crippen molar-refractivity contribution < 1.29 is 0 Å². The lowest BCUT2D eigenvalue weighted by Crippen LogP contribution is -1.89. The van der Waals surface area contributed by atoms with Gasteiger partial charge in [0, 0.05) is 22.2 Å². The number of benzene rings is 1. The largest absolute Gasteiger partial charge is 0.240 e. The molecule has 0 aliphatic heterocycles. The number of halogens is 1. The number of rotatable bonds is 2. The summed E-state index contributed by atoms with van der Waals surface area (Å²) in [5.74, 6) is 0. The van der Waals surface area contributed by atoms with Gasteiger partial charge in [-0.25, -0.2) is 4.68 Å². The third-order valence-corrected chi connectivity index (χ3v) is 3.45. The zero-order valence-electron chi connectivity index (χ0n) is 8.88. The molecule has 84 valence electrons. The van der Waals surface area contributed by atoms with Crippen molar-refractivity contribution in [3.63, 3.8) is 0 Å². The van der Waals surface area contributed by atoms with E-state index in [0.29, 0.717) is 0 Å². The molecule has 2 heterocycles. The summed E-state index contributed by atoms with van der Waals surface area (Å²) in [7, 11) is 0. The van der Waals surface area contributed by atoms with Gasteiger partial charge in [0.2, 0.25) is 0 Å². The van der Waals surface area contributed by atoms with Crippen molar-refractivity contribution in [2.45, 2.75) is 0 Å². The quantitative estimate of drug-likeness (QED) is 0.673. The summed E-state index contributed by atoms with van der Waals surface area (Å²) in [6.07, 6.45) is 3.88. The molecule has 3 rings (SSSR count). The normalized spacial score (nSPS) is 10.6. The lowest BCUT2D eigenvalue weighted by Gasteiger charge is -1.97. The van der Waals surface area contributed by atoms with Gasteiger partial charge in [0.1, 0.15) is 0 Å². The Morgan fingerprint density at radius 2 is 1.88 bits per heavy atom. The van der Waals surface area contributed by atoms with Gasteiger partial charge in [-0.15, -0.1) is 0 Å². The first-order chi connectivity index (χ1) is 8.33. The molecule has 0 unspecified atom stereocenters. The van der Waals surface area contributed by atoms with Gasteiger partial charge < -0.3 is 0 Å². The fraction of sp³-hybridized carbons (Fsp3) is 0. The van der Waals surface area contributed by atoms with Crippen LogP contribution in [-0.4, -0.2) is 9.78 Å². The van der Waals surface area contributed by atoms with Crippen LogP contribution in [0.4, 0.5) is 0 Å². The van der Waals surface area contributed by atoms with Crippen molar-refractivity contribution in [1.82, 2.24) is 9.78 Å². The van der Waals surface area contributed by atoms with Crippen LogP contribution in [-0.2, 0) is 0 Å². The van der Waals surface area contributed by atoms with Gasteiger partial charge in [-0.3, -0.25) is 0 Å². The summed E-state index contributed by atoms with van der Waals surface area (Å²) in [5.41, 5.74) is 3.30. The maximum absolute atomic E-state index is 5.87. The van der Waals surface area contributed by atoms with Gasteiger partial charge in [0.15, 0.2) is 0 Å². The second-order valence-electron chi connectivity index (χ2n) is 3.66. The van der Waals surface area contributed by atoms with Crippen LogP contribution in [0, 0.1) is 0 Å². The first kappa shape index (κ1) is 10.6. The van der Waals surface area contributed by atoms with Crippen molar-refractivity contribution in [1.29, 1.82) is 0 Å². The molecular weight excluding hydrogens is 252 g/mol. The summed E-state index contributed by atoms with van der Waals surface area (Å²) in [6.45, 7) is 0. The molecule has 2 nitrogen and oxygen atoms in total. The van der Waals surface area contributed by atoms with E-state index in [1.165, 1.54) is 0 Å². The fourth-order valence-electron chi connectivity index (χ4n) is 1.64. The summed E-state index contributed by atoms with van der Waals surface area (Å²) < 4.78 is 1.88. The van der Waals surface area contributed by atoms with Crippen molar-refractivity contribution in [3.05, 3.63) is 58.5 Å². The topological polar surface area (TPSA) is 17.8 Å². The van der Waals surface area contributed by atoms with Gasteiger partial charge in [-0.1, -0.05) is 23.7 Å². The predicted molar refractivity (Wildman–Crippen MR) is 71.9 cm³/mol. The summed E-state index contributed by atoms with van der Waals surface area (Å²) in [6, 6.07) is 9.82. The second-order valence-corrected chi connectivity index (χ2v) is 4.88. The summed E-state index contributed by atoms with van der Waals surface area (Å²) in [4.78, 5) is 0. The van der Waals surface area contributed by atoms with E-state index < -0.39 is 0 Å². The Labute approximate surface area is 108 Å². The number of aromatic nitrogens is 2. The number of thiophene rings is 1. The Bertz CT molecular complexity index is 611. The minimum absolute atomic E-state index is 0.749. The summed E-state index contributed by atoms with van der Waals surface area (Å²) >= 11 is 7.53. The number of hydrogen-bond donors (Lipinski definition) is 0. The van der Waals surface area contributed by atoms with E-state index in [2.05, 4.69) is 10.5 Å². The first-order valence-electron chi connectivity index (χ1n) is 5.16. The van der Waals surface area contributed by atoms with Crippen molar-refractivity contribution in [3.8, 4) is 16.8 Å². The first-order valence-corrected chi connectivity index (χ1v) is 6.48. The van der Waals surface area contributed by atoms with Crippen LogP contribution in [0.2, 0.25) is 5.02 Å². The molecule has 0 saturated carbocycles. The van der Waals surface area contributed by atoms with E-state index in [1.807, 2.05) is 52.8 Å². The Kier molecular flexibility index (Phi) is 2.71. The molecule has 4 heteroatoms. The third-order valence-electron chi connectivity index (χ3n) is 2.53. The molecule has 0 N–H and O–H groups in total. The SMILES string of the molecule is Clc1ccc(-c2cnn(-c3ccsc3)c2)cc1. The van der Waals surface area contributed by atoms with Gasteiger partial charge in [-0.05, 0) is 29.1 Å². The molecule has 0 saturated heterocycles. The maximum atomic E-state index is 5.87. The highest BCUT2D eigenvalue weighted by Crippen LogP contribution is 2.22. The van der Waals surface area contributed by atoms with Crippen molar-refractivity contribution >= 4 is 22.9 Å². The van der Waals surface area contributed by atoms with E-state index in [4.69, 9.17) is 11.6 Å². The minimum Gasteiger partial charge on any atom is -0.240 e. The van der Waals surface area contributed by atoms with Crippen molar-refractivity contribution in [2.75, 3.05) is 0 Å². The van der Waals surface area contributed by atoms with Crippen LogP contribution in [0.15, 0.2) is 53.5 Å². The zero-order valence-corrected chi connectivity index (χ0v) is 10.4. The van der Waals surface area contributed by atoms with Crippen LogP contribution in [0.3, 0.4) is 0 Å². The van der Waals surface area contributed by atoms with Gasteiger partial charge in [-0.2, -0.15) is 16.4 Å². The fourth-order valence-corrected chi connectivity index (χ4v) is 2.39. The highest BCUT2D eigenvalue weighted by Gasteiger charge is 2.03. The average molecular weight is 261 g/mol. The van der Waals surface area contributed by atoms with E-state index in [9.17, 15) is 0 Å². The smallest absolute Gasteiger partial charge is 0.0752 e. The van der Waals surface area contributed by atoms with Crippen LogP contribution in [0.5, 0.6) is 0 Å². The third kappa shape index (κ3) is 2.12.